The number of hydrogen-bond acceptors (Lipinski definition) is 2. The molecule has 0 spiro atoms. The molecule has 0 saturated carbocycles. The van der Waals surface area contributed by atoms with Crippen molar-refractivity contribution in [2.45, 2.75) is 32.6 Å². The maximum absolute atomic E-state index is 11.2. The van der Waals surface area contributed by atoms with Crippen LogP contribution in [-0.2, 0) is 9.53 Å². The number of ether oxygens (including phenoxy) is 1. The molecule has 1 heterocycles. The van der Waals surface area contributed by atoms with E-state index >= 15 is 0 Å². The summed E-state index contributed by atoms with van der Waals surface area (Å²) in [4.78, 5) is 11.2. The van der Waals surface area contributed by atoms with Gasteiger partial charge in [-0.2, -0.15) is 0 Å². The van der Waals surface area contributed by atoms with Gasteiger partial charge in [0, 0.05) is 13.2 Å². The molecule has 1 N–H and O–H groups in total. The Balaban J connectivity index is 2.65. The third-order valence-electron chi connectivity index (χ3n) is 2.70. The molecule has 3 heteroatoms. The second-order valence-corrected chi connectivity index (χ2v) is 3.76. The van der Waals surface area contributed by atoms with E-state index in [0.717, 1.165) is 12.8 Å². The Labute approximate surface area is 84.8 Å². The van der Waals surface area contributed by atoms with Gasteiger partial charge in [0.2, 0.25) is 0 Å². The predicted octanol–water partition coefficient (Wildman–Crippen LogP) is 2.22. The summed E-state index contributed by atoms with van der Waals surface area (Å²) in [5, 5.41) is 9.18. The maximum Gasteiger partial charge on any atom is 0.313 e. The molecule has 14 heavy (non-hydrogen) atoms. The summed E-state index contributed by atoms with van der Waals surface area (Å²) in [6.45, 7) is 3.20. The first-order chi connectivity index (χ1) is 6.71. The summed E-state index contributed by atoms with van der Waals surface area (Å²) < 4.78 is 5.18. The third-order valence-corrected chi connectivity index (χ3v) is 2.70. The molecule has 0 atom stereocenters. The fourth-order valence-electron chi connectivity index (χ4n) is 1.66. The van der Waals surface area contributed by atoms with E-state index in [2.05, 4.69) is 6.92 Å². The lowest BCUT2D eigenvalue weighted by Crippen LogP contribution is -2.35. The molecule has 1 aliphatic rings. The van der Waals surface area contributed by atoms with Gasteiger partial charge in [-0.3, -0.25) is 4.79 Å². The summed E-state index contributed by atoms with van der Waals surface area (Å²) in [6, 6.07) is 0. The highest BCUT2D eigenvalue weighted by molar-refractivity contribution is 5.77. The lowest BCUT2D eigenvalue weighted by atomic mass is 9.80. The van der Waals surface area contributed by atoms with Crippen LogP contribution in [0.5, 0.6) is 0 Å². The first-order valence-electron chi connectivity index (χ1n) is 5.20. The maximum atomic E-state index is 11.2. The number of unbranched alkanes of at least 4 members (excludes halogenated alkanes) is 1. The van der Waals surface area contributed by atoms with Crippen LogP contribution in [0.2, 0.25) is 0 Å². The van der Waals surface area contributed by atoms with Gasteiger partial charge < -0.3 is 9.84 Å². The van der Waals surface area contributed by atoms with Gasteiger partial charge in [-0.05, 0) is 19.3 Å². The van der Waals surface area contributed by atoms with Gasteiger partial charge in [-0.1, -0.05) is 25.5 Å². The van der Waals surface area contributed by atoms with Crippen LogP contribution < -0.4 is 0 Å². The molecule has 0 aromatic carbocycles. The van der Waals surface area contributed by atoms with Gasteiger partial charge in [0.05, 0.1) is 5.41 Å². The zero-order chi connectivity index (χ0) is 10.4. The molecule has 80 valence electrons. The molecular weight excluding hydrogens is 180 g/mol. The van der Waals surface area contributed by atoms with Crippen molar-refractivity contribution in [3.8, 4) is 0 Å². The molecule has 1 fully saturated rings. The van der Waals surface area contributed by atoms with Crippen LogP contribution in [-0.4, -0.2) is 24.3 Å². The summed E-state index contributed by atoms with van der Waals surface area (Å²) in [7, 11) is 0. The van der Waals surface area contributed by atoms with Crippen LogP contribution in [0, 0.1) is 5.41 Å². The van der Waals surface area contributed by atoms with Gasteiger partial charge >= 0.3 is 5.97 Å². The van der Waals surface area contributed by atoms with Gasteiger partial charge in [0.25, 0.3) is 0 Å². The van der Waals surface area contributed by atoms with E-state index in [9.17, 15) is 9.90 Å². The number of allylic oxidation sites excluding steroid dienone is 1. The molecule has 0 aromatic rings. The normalized spacial score (nSPS) is 21.2. The minimum atomic E-state index is -0.715. The molecule has 0 amide bonds. The van der Waals surface area contributed by atoms with E-state index < -0.39 is 11.4 Å². The number of rotatable bonds is 4. The molecule has 0 radical (unpaired) electrons. The molecule has 1 saturated heterocycles. The summed E-state index contributed by atoms with van der Waals surface area (Å²) in [5.74, 6) is -0.715. The quantitative estimate of drug-likeness (QED) is 0.704. The van der Waals surface area contributed by atoms with Crippen molar-refractivity contribution in [1.82, 2.24) is 0 Å². The van der Waals surface area contributed by atoms with Crippen molar-refractivity contribution < 1.29 is 14.6 Å². The number of hydrogen-bond donors (Lipinski definition) is 1. The van der Waals surface area contributed by atoms with Crippen molar-refractivity contribution in [2.24, 2.45) is 5.41 Å². The number of carboxylic acids is 1. The SMILES string of the molecule is CCC/C=C/C1(C(=O)O)CCOCC1. The smallest absolute Gasteiger partial charge is 0.313 e. The fourth-order valence-corrected chi connectivity index (χ4v) is 1.66. The first-order valence-corrected chi connectivity index (χ1v) is 5.20. The standard InChI is InChI=1S/C11H18O3/c1-2-3-4-5-11(10(12)13)6-8-14-9-7-11/h4-5H,2-3,6-9H2,1H3,(H,12,13)/b5-4+. The average molecular weight is 198 g/mol. The molecule has 3 nitrogen and oxygen atoms in total. The Morgan fingerprint density at radius 1 is 1.50 bits per heavy atom. The van der Waals surface area contributed by atoms with Crippen molar-refractivity contribution in [3.63, 3.8) is 0 Å². The molecule has 1 rings (SSSR count). The Hall–Kier alpha value is -0.830. The van der Waals surface area contributed by atoms with Crippen molar-refractivity contribution in [1.29, 1.82) is 0 Å². The van der Waals surface area contributed by atoms with Crippen LogP contribution in [0.1, 0.15) is 32.6 Å². The molecule has 1 aliphatic heterocycles. The summed E-state index contributed by atoms with van der Waals surface area (Å²) in [5.41, 5.74) is -0.659. The van der Waals surface area contributed by atoms with Crippen LogP contribution in [0.3, 0.4) is 0 Å². The molecule has 0 unspecified atom stereocenters. The number of carboxylic acid groups (broad SMARTS) is 1. The van der Waals surface area contributed by atoms with E-state index in [1.807, 2.05) is 12.2 Å². The average Bonchev–Trinajstić information content (AvgIpc) is 2.19. The number of aliphatic carboxylic acids is 1. The van der Waals surface area contributed by atoms with Gasteiger partial charge in [0.15, 0.2) is 0 Å². The van der Waals surface area contributed by atoms with Crippen LogP contribution in [0.15, 0.2) is 12.2 Å². The lowest BCUT2D eigenvalue weighted by Gasteiger charge is -2.30. The minimum Gasteiger partial charge on any atom is -0.481 e. The van der Waals surface area contributed by atoms with Crippen LogP contribution in [0.4, 0.5) is 0 Å². The van der Waals surface area contributed by atoms with Crippen LogP contribution in [0.25, 0.3) is 0 Å². The summed E-state index contributed by atoms with van der Waals surface area (Å²) in [6.07, 6.45) is 7.06. The van der Waals surface area contributed by atoms with E-state index in [-0.39, 0.29) is 0 Å². The monoisotopic (exact) mass is 198 g/mol. The Kier molecular flexibility index (Phi) is 4.14. The highest BCUT2D eigenvalue weighted by Crippen LogP contribution is 2.32. The van der Waals surface area contributed by atoms with E-state index in [0.29, 0.717) is 26.1 Å². The molecular formula is C11H18O3. The second-order valence-electron chi connectivity index (χ2n) is 3.76. The Morgan fingerprint density at radius 3 is 2.64 bits per heavy atom. The van der Waals surface area contributed by atoms with E-state index in [4.69, 9.17) is 4.74 Å². The van der Waals surface area contributed by atoms with Gasteiger partial charge in [-0.15, -0.1) is 0 Å². The zero-order valence-electron chi connectivity index (χ0n) is 8.66. The van der Waals surface area contributed by atoms with Crippen molar-refractivity contribution in [2.75, 3.05) is 13.2 Å². The topological polar surface area (TPSA) is 46.5 Å². The van der Waals surface area contributed by atoms with Crippen molar-refractivity contribution in [3.05, 3.63) is 12.2 Å². The molecule has 0 aromatic heterocycles. The molecule has 0 aliphatic carbocycles. The first kappa shape index (κ1) is 11.2. The Bertz CT molecular complexity index is 215. The minimum absolute atomic E-state index is 0.558. The highest BCUT2D eigenvalue weighted by atomic mass is 16.5. The predicted molar refractivity (Wildman–Crippen MR) is 54.2 cm³/mol. The van der Waals surface area contributed by atoms with Gasteiger partial charge in [-0.25, -0.2) is 0 Å². The lowest BCUT2D eigenvalue weighted by molar-refractivity contribution is -0.150. The zero-order valence-corrected chi connectivity index (χ0v) is 8.66. The Morgan fingerprint density at radius 2 is 2.14 bits per heavy atom. The largest absolute Gasteiger partial charge is 0.481 e. The summed E-state index contributed by atoms with van der Waals surface area (Å²) >= 11 is 0. The number of carbonyl (C=O) groups is 1. The van der Waals surface area contributed by atoms with Crippen LogP contribution >= 0.6 is 0 Å². The highest BCUT2D eigenvalue weighted by Gasteiger charge is 2.37. The van der Waals surface area contributed by atoms with E-state index in [1.165, 1.54) is 0 Å². The third kappa shape index (κ3) is 2.58. The van der Waals surface area contributed by atoms with Crippen molar-refractivity contribution >= 4 is 5.97 Å². The molecule has 0 bridgehead atoms. The second kappa shape index (κ2) is 5.15. The van der Waals surface area contributed by atoms with Gasteiger partial charge in [0.1, 0.15) is 0 Å². The fraction of sp³-hybridized carbons (Fsp3) is 0.727. The van der Waals surface area contributed by atoms with E-state index in [1.54, 1.807) is 0 Å².